The zero-order valence-electron chi connectivity index (χ0n) is 10.9. The zero-order valence-corrected chi connectivity index (χ0v) is 12.4. The average molecular weight is 327 g/mol. The number of hydrogen-bond donors (Lipinski definition) is 2. The number of rotatable bonds is 4. The number of amides is 1. The summed E-state index contributed by atoms with van der Waals surface area (Å²) < 4.78 is 0.675. The second kappa shape index (κ2) is 6.91. The standard InChI is InChI=1S/C14H19BrN2O2/c15-12-6-4-5-11(14(12)19)9-16-10-13(18)17-7-2-1-3-8-17/h4-6,16,19H,1-3,7-10H2. The van der Waals surface area contributed by atoms with Crippen LogP contribution in [0, 0.1) is 0 Å². The number of piperidine rings is 1. The second-order valence-electron chi connectivity index (χ2n) is 4.79. The Morgan fingerprint density at radius 2 is 2.05 bits per heavy atom. The van der Waals surface area contributed by atoms with Crippen LogP contribution in [0.3, 0.4) is 0 Å². The van der Waals surface area contributed by atoms with E-state index in [0.29, 0.717) is 17.6 Å². The van der Waals surface area contributed by atoms with Gasteiger partial charge < -0.3 is 15.3 Å². The van der Waals surface area contributed by atoms with Crippen molar-refractivity contribution in [1.82, 2.24) is 10.2 Å². The quantitative estimate of drug-likeness (QED) is 0.892. The molecule has 2 N–H and O–H groups in total. The third-order valence-corrected chi connectivity index (χ3v) is 4.01. The minimum Gasteiger partial charge on any atom is -0.506 e. The summed E-state index contributed by atoms with van der Waals surface area (Å²) >= 11 is 3.28. The van der Waals surface area contributed by atoms with E-state index in [1.807, 2.05) is 17.0 Å². The van der Waals surface area contributed by atoms with Crippen molar-refractivity contribution in [3.05, 3.63) is 28.2 Å². The van der Waals surface area contributed by atoms with Crippen molar-refractivity contribution >= 4 is 21.8 Å². The van der Waals surface area contributed by atoms with Crippen LogP contribution in [-0.4, -0.2) is 35.5 Å². The fourth-order valence-corrected chi connectivity index (χ4v) is 2.67. The lowest BCUT2D eigenvalue weighted by Gasteiger charge is -2.26. The summed E-state index contributed by atoms with van der Waals surface area (Å²) in [5, 5.41) is 12.9. The number of hydrogen-bond acceptors (Lipinski definition) is 3. The highest BCUT2D eigenvalue weighted by Crippen LogP contribution is 2.27. The summed E-state index contributed by atoms with van der Waals surface area (Å²) in [4.78, 5) is 13.8. The molecule has 0 saturated carbocycles. The SMILES string of the molecule is O=C(CNCc1cccc(Br)c1O)N1CCCCC1. The molecule has 1 amide bonds. The van der Waals surface area contributed by atoms with Gasteiger partial charge in [-0.25, -0.2) is 0 Å². The molecule has 0 unspecified atom stereocenters. The van der Waals surface area contributed by atoms with Gasteiger partial charge in [0.05, 0.1) is 11.0 Å². The molecule has 19 heavy (non-hydrogen) atoms. The molecule has 4 nitrogen and oxygen atoms in total. The Morgan fingerprint density at radius 3 is 2.79 bits per heavy atom. The smallest absolute Gasteiger partial charge is 0.236 e. The van der Waals surface area contributed by atoms with Gasteiger partial charge in [0, 0.05) is 25.2 Å². The average Bonchev–Trinajstić information content (AvgIpc) is 2.44. The van der Waals surface area contributed by atoms with Crippen LogP contribution in [0.15, 0.2) is 22.7 Å². The van der Waals surface area contributed by atoms with Crippen molar-refractivity contribution in [1.29, 1.82) is 0 Å². The Balaban J connectivity index is 1.79. The fourth-order valence-electron chi connectivity index (χ4n) is 2.26. The number of phenolic OH excluding ortho intramolecular Hbond substituents is 1. The van der Waals surface area contributed by atoms with Crippen LogP contribution in [0.25, 0.3) is 0 Å². The molecule has 0 spiro atoms. The van der Waals surface area contributed by atoms with Gasteiger partial charge in [-0.2, -0.15) is 0 Å². The predicted octanol–water partition coefficient (Wildman–Crippen LogP) is 2.26. The number of carbonyl (C=O) groups is 1. The topological polar surface area (TPSA) is 52.6 Å². The molecular formula is C14H19BrN2O2. The Labute approximate surface area is 121 Å². The minimum atomic E-state index is 0.147. The van der Waals surface area contributed by atoms with E-state index in [1.165, 1.54) is 6.42 Å². The number of para-hydroxylation sites is 1. The van der Waals surface area contributed by atoms with Crippen LogP contribution in [0.4, 0.5) is 0 Å². The molecular weight excluding hydrogens is 308 g/mol. The summed E-state index contributed by atoms with van der Waals surface area (Å²) in [5.41, 5.74) is 0.792. The number of phenols is 1. The van der Waals surface area contributed by atoms with Crippen molar-refractivity contribution in [2.24, 2.45) is 0 Å². The Kier molecular flexibility index (Phi) is 5.22. The minimum absolute atomic E-state index is 0.147. The van der Waals surface area contributed by atoms with Crippen LogP contribution in [0.2, 0.25) is 0 Å². The van der Waals surface area contributed by atoms with Gasteiger partial charge in [0.1, 0.15) is 5.75 Å². The third kappa shape index (κ3) is 3.94. The highest BCUT2D eigenvalue weighted by atomic mass is 79.9. The van der Waals surface area contributed by atoms with E-state index in [-0.39, 0.29) is 11.7 Å². The summed E-state index contributed by atoms with van der Waals surface area (Å²) in [7, 11) is 0. The number of halogens is 1. The molecule has 1 aromatic rings. The van der Waals surface area contributed by atoms with Crippen molar-refractivity contribution in [3.63, 3.8) is 0 Å². The van der Waals surface area contributed by atoms with Gasteiger partial charge in [-0.15, -0.1) is 0 Å². The molecule has 104 valence electrons. The molecule has 5 heteroatoms. The molecule has 1 heterocycles. The van der Waals surface area contributed by atoms with Crippen LogP contribution in [0.5, 0.6) is 5.75 Å². The molecule has 1 aliphatic heterocycles. The molecule has 0 atom stereocenters. The second-order valence-corrected chi connectivity index (χ2v) is 5.65. The van der Waals surface area contributed by atoms with E-state index in [1.54, 1.807) is 6.07 Å². The monoisotopic (exact) mass is 326 g/mol. The van der Waals surface area contributed by atoms with Crippen molar-refractivity contribution < 1.29 is 9.90 Å². The van der Waals surface area contributed by atoms with Crippen LogP contribution >= 0.6 is 15.9 Å². The predicted molar refractivity (Wildman–Crippen MR) is 77.9 cm³/mol. The highest BCUT2D eigenvalue weighted by molar-refractivity contribution is 9.10. The van der Waals surface area contributed by atoms with Crippen LogP contribution < -0.4 is 5.32 Å². The van der Waals surface area contributed by atoms with Gasteiger partial charge in [0.15, 0.2) is 0 Å². The van der Waals surface area contributed by atoms with E-state index in [9.17, 15) is 9.90 Å². The first kappa shape index (κ1) is 14.3. The molecule has 0 bridgehead atoms. The van der Waals surface area contributed by atoms with Gasteiger partial charge in [-0.3, -0.25) is 4.79 Å². The normalized spacial score (nSPS) is 15.5. The van der Waals surface area contributed by atoms with Crippen molar-refractivity contribution in [3.8, 4) is 5.75 Å². The molecule has 1 saturated heterocycles. The maximum Gasteiger partial charge on any atom is 0.236 e. The first-order valence-corrected chi connectivity index (χ1v) is 7.42. The Hall–Kier alpha value is -1.07. The maximum absolute atomic E-state index is 11.9. The molecule has 0 aliphatic carbocycles. The van der Waals surface area contributed by atoms with Crippen molar-refractivity contribution in [2.45, 2.75) is 25.8 Å². The highest BCUT2D eigenvalue weighted by Gasteiger charge is 2.15. The largest absolute Gasteiger partial charge is 0.506 e. The van der Waals surface area contributed by atoms with E-state index in [2.05, 4.69) is 21.2 Å². The number of nitrogens with one attached hydrogen (secondary N) is 1. The number of likely N-dealkylation sites (tertiary alicyclic amines) is 1. The van der Waals surface area contributed by atoms with E-state index in [4.69, 9.17) is 0 Å². The first-order chi connectivity index (χ1) is 9.18. The van der Waals surface area contributed by atoms with E-state index in [0.717, 1.165) is 31.5 Å². The summed E-state index contributed by atoms with van der Waals surface area (Å²) in [6, 6.07) is 5.50. The number of benzene rings is 1. The van der Waals surface area contributed by atoms with Gasteiger partial charge in [-0.1, -0.05) is 12.1 Å². The molecule has 2 rings (SSSR count). The number of nitrogens with zero attached hydrogens (tertiary/aromatic N) is 1. The molecule has 0 aromatic heterocycles. The summed E-state index contributed by atoms with van der Waals surface area (Å²) in [6.07, 6.45) is 3.44. The van der Waals surface area contributed by atoms with Gasteiger partial charge in [-0.05, 0) is 41.3 Å². The van der Waals surface area contributed by atoms with Crippen LogP contribution in [-0.2, 0) is 11.3 Å². The molecule has 1 fully saturated rings. The first-order valence-electron chi connectivity index (χ1n) is 6.63. The van der Waals surface area contributed by atoms with Gasteiger partial charge >= 0.3 is 0 Å². The van der Waals surface area contributed by atoms with Gasteiger partial charge in [0.2, 0.25) is 5.91 Å². The number of carbonyl (C=O) groups excluding carboxylic acids is 1. The number of aromatic hydroxyl groups is 1. The molecule has 0 radical (unpaired) electrons. The summed E-state index contributed by atoms with van der Waals surface area (Å²) in [5.74, 6) is 0.384. The van der Waals surface area contributed by atoms with Gasteiger partial charge in [0.25, 0.3) is 0 Å². The lowest BCUT2D eigenvalue weighted by atomic mass is 10.1. The Morgan fingerprint density at radius 1 is 1.32 bits per heavy atom. The van der Waals surface area contributed by atoms with Crippen molar-refractivity contribution in [2.75, 3.05) is 19.6 Å². The lowest BCUT2D eigenvalue weighted by Crippen LogP contribution is -2.40. The van der Waals surface area contributed by atoms with E-state index >= 15 is 0 Å². The molecule has 1 aromatic carbocycles. The van der Waals surface area contributed by atoms with E-state index < -0.39 is 0 Å². The maximum atomic E-state index is 11.9. The Bertz CT molecular complexity index is 445. The summed E-state index contributed by atoms with van der Waals surface area (Å²) in [6.45, 7) is 2.57. The fraction of sp³-hybridized carbons (Fsp3) is 0.500. The lowest BCUT2D eigenvalue weighted by molar-refractivity contribution is -0.131. The molecule has 1 aliphatic rings. The van der Waals surface area contributed by atoms with Crippen LogP contribution in [0.1, 0.15) is 24.8 Å². The zero-order chi connectivity index (χ0) is 13.7. The third-order valence-electron chi connectivity index (χ3n) is 3.37.